The van der Waals surface area contributed by atoms with Gasteiger partial charge >= 0.3 is 0 Å². The van der Waals surface area contributed by atoms with Gasteiger partial charge in [0.1, 0.15) is 12.0 Å². The molecular formula is C14H18FNO. The van der Waals surface area contributed by atoms with Crippen LogP contribution >= 0.6 is 0 Å². The fourth-order valence-corrected chi connectivity index (χ4v) is 2.90. The van der Waals surface area contributed by atoms with Crippen LogP contribution in [-0.4, -0.2) is 12.6 Å². The quantitative estimate of drug-likeness (QED) is 0.808. The smallest absolute Gasteiger partial charge is 0.134 e. The normalized spacial score (nSPS) is 33.1. The van der Waals surface area contributed by atoms with Gasteiger partial charge in [-0.25, -0.2) is 4.39 Å². The molecule has 3 heteroatoms. The number of nitrogens with one attached hydrogen (secondary N) is 1. The van der Waals surface area contributed by atoms with Gasteiger partial charge in [-0.05, 0) is 36.5 Å². The van der Waals surface area contributed by atoms with Crippen LogP contribution in [-0.2, 0) is 4.74 Å². The predicted molar refractivity (Wildman–Crippen MR) is 64.0 cm³/mol. The van der Waals surface area contributed by atoms with Crippen LogP contribution in [0, 0.1) is 11.7 Å². The van der Waals surface area contributed by atoms with Crippen LogP contribution < -0.4 is 5.32 Å². The Labute approximate surface area is 101 Å². The Balaban J connectivity index is 1.71. The van der Waals surface area contributed by atoms with E-state index in [4.69, 9.17) is 4.74 Å². The highest BCUT2D eigenvalue weighted by molar-refractivity contribution is 5.18. The molecule has 1 aromatic rings. The summed E-state index contributed by atoms with van der Waals surface area (Å²) in [6, 6.07) is 6.59. The molecule has 0 spiro atoms. The minimum absolute atomic E-state index is 0.0602. The Bertz CT molecular complexity index is 378. The number of ether oxygens (including phenoxy) is 1. The first-order valence-electron chi connectivity index (χ1n) is 6.47. The van der Waals surface area contributed by atoms with Crippen LogP contribution in [0.3, 0.4) is 0 Å². The molecule has 3 rings (SSSR count). The van der Waals surface area contributed by atoms with Gasteiger partial charge in [0.05, 0.1) is 6.10 Å². The van der Waals surface area contributed by atoms with Crippen LogP contribution in [0.1, 0.15) is 37.5 Å². The average Bonchev–Trinajstić information content (AvgIpc) is 2.39. The van der Waals surface area contributed by atoms with Crippen LogP contribution in [0.2, 0.25) is 0 Å². The van der Waals surface area contributed by atoms with Gasteiger partial charge in [-0.2, -0.15) is 0 Å². The lowest BCUT2D eigenvalue weighted by Gasteiger charge is -2.40. The van der Waals surface area contributed by atoms with E-state index < -0.39 is 0 Å². The second kappa shape index (κ2) is 4.75. The van der Waals surface area contributed by atoms with Crippen molar-refractivity contribution in [1.82, 2.24) is 5.32 Å². The van der Waals surface area contributed by atoms with Crippen molar-refractivity contribution in [2.24, 2.45) is 5.92 Å². The van der Waals surface area contributed by atoms with Gasteiger partial charge in [0.25, 0.3) is 0 Å². The fourth-order valence-electron chi connectivity index (χ4n) is 2.90. The summed E-state index contributed by atoms with van der Waals surface area (Å²) in [6.45, 7) is 1.02. The standard InChI is InChI=1S/C14H18FNO/c15-12-7-5-10(6-8-12)14-16-9-11-3-1-2-4-13(11)17-14/h5-8,11,13-14,16H,1-4,9H2/t11-,13+,14?/m1/s1. The van der Waals surface area contributed by atoms with E-state index in [1.54, 1.807) is 12.1 Å². The van der Waals surface area contributed by atoms with Gasteiger partial charge in [-0.3, -0.25) is 5.32 Å². The zero-order chi connectivity index (χ0) is 11.7. The number of benzene rings is 1. The summed E-state index contributed by atoms with van der Waals surface area (Å²) in [5, 5.41) is 3.41. The summed E-state index contributed by atoms with van der Waals surface area (Å²) in [6.07, 6.45) is 5.37. The molecule has 1 heterocycles. The molecule has 1 N–H and O–H groups in total. The van der Waals surface area contributed by atoms with Gasteiger partial charge in [0.2, 0.25) is 0 Å². The Morgan fingerprint density at radius 2 is 1.88 bits per heavy atom. The molecule has 1 unspecified atom stereocenters. The third-order valence-electron chi connectivity index (χ3n) is 3.89. The van der Waals surface area contributed by atoms with Crippen molar-refractivity contribution in [2.75, 3.05) is 6.54 Å². The van der Waals surface area contributed by atoms with Crippen molar-refractivity contribution in [3.05, 3.63) is 35.6 Å². The molecule has 2 nitrogen and oxygen atoms in total. The molecule has 0 bridgehead atoms. The highest BCUT2D eigenvalue weighted by Crippen LogP contribution is 2.33. The van der Waals surface area contributed by atoms with Crippen LogP contribution in [0.5, 0.6) is 0 Å². The minimum Gasteiger partial charge on any atom is -0.356 e. The van der Waals surface area contributed by atoms with Gasteiger partial charge in [0, 0.05) is 6.54 Å². The van der Waals surface area contributed by atoms with E-state index in [1.165, 1.54) is 37.8 Å². The maximum atomic E-state index is 12.9. The SMILES string of the molecule is Fc1ccc(C2NC[C@H]3CCCC[C@@H]3O2)cc1. The summed E-state index contributed by atoms with van der Waals surface area (Å²) in [5.74, 6) is 0.473. The summed E-state index contributed by atoms with van der Waals surface area (Å²) in [7, 11) is 0. The Hall–Kier alpha value is -0.930. The number of fused-ring (bicyclic) bond motifs is 1. The van der Waals surface area contributed by atoms with Gasteiger partial charge < -0.3 is 4.74 Å². The number of hydrogen-bond donors (Lipinski definition) is 1. The molecule has 0 radical (unpaired) electrons. The molecule has 2 fully saturated rings. The summed E-state index contributed by atoms with van der Waals surface area (Å²) in [5.41, 5.74) is 1.02. The molecule has 1 aliphatic carbocycles. The molecular weight excluding hydrogens is 217 g/mol. The molecule has 2 aliphatic rings. The van der Waals surface area contributed by atoms with Gasteiger partial charge in [0.15, 0.2) is 0 Å². The fraction of sp³-hybridized carbons (Fsp3) is 0.571. The zero-order valence-electron chi connectivity index (χ0n) is 9.86. The molecule has 1 saturated carbocycles. The number of rotatable bonds is 1. The summed E-state index contributed by atoms with van der Waals surface area (Å²) in [4.78, 5) is 0. The molecule has 1 saturated heterocycles. The van der Waals surface area contributed by atoms with E-state index in [-0.39, 0.29) is 12.0 Å². The highest BCUT2D eigenvalue weighted by Gasteiger charge is 2.33. The Morgan fingerprint density at radius 1 is 1.12 bits per heavy atom. The zero-order valence-corrected chi connectivity index (χ0v) is 9.86. The molecule has 3 atom stereocenters. The maximum Gasteiger partial charge on any atom is 0.134 e. The van der Waals surface area contributed by atoms with Crippen LogP contribution in [0.25, 0.3) is 0 Å². The number of hydrogen-bond acceptors (Lipinski definition) is 2. The molecule has 0 amide bonds. The van der Waals surface area contributed by atoms with E-state index in [1.807, 2.05) is 0 Å². The van der Waals surface area contributed by atoms with E-state index in [0.29, 0.717) is 12.0 Å². The largest absolute Gasteiger partial charge is 0.356 e. The second-order valence-corrected chi connectivity index (χ2v) is 5.06. The third-order valence-corrected chi connectivity index (χ3v) is 3.89. The first kappa shape index (κ1) is 11.2. The van der Waals surface area contributed by atoms with Crippen molar-refractivity contribution < 1.29 is 9.13 Å². The second-order valence-electron chi connectivity index (χ2n) is 5.06. The lowest BCUT2D eigenvalue weighted by molar-refractivity contribution is -0.109. The molecule has 17 heavy (non-hydrogen) atoms. The van der Waals surface area contributed by atoms with Gasteiger partial charge in [-0.1, -0.05) is 25.0 Å². The van der Waals surface area contributed by atoms with E-state index in [2.05, 4.69) is 5.32 Å². The molecule has 92 valence electrons. The van der Waals surface area contributed by atoms with E-state index >= 15 is 0 Å². The number of halogens is 1. The summed E-state index contributed by atoms with van der Waals surface area (Å²) >= 11 is 0. The Kier molecular flexibility index (Phi) is 3.12. The lowest BCUT2D eigenvalue weighted by atomic mass is 9.85. The summed E-state index contributed by atoms with van der Waals surface area (Å²) < 4.78 is 18.9. The molecule has 1 aromatic carbocycles. The molecule has 1 aliphatic heterocycles. The van der Waals surface area contributed by atoms with Crippen molar-refractivity contribution in [1.29, 1.82) is 0 Å². The lowest BCUT2D eigenvalue weighted by Crippen LogP contribution is -2.45. The molecule has 0 aromatic heterocycles. The third kappa shape index (κ3) is 2.35. The van der Waals surface area contributed by atoms with Crippen molar-refractivity contribution in [3.8, 4) is 0 Å². The van der Waals surface area contributed by atoms with E-state index in [9.17, 15) is 4.39 Å². The highest BCUT2D eigenvalue weighted by atomic mass is 19.1. The monoisotopic (exact) mass is 235 g/mol. The minimum atomic E-state index is -0.194. The van der Waals surface area contributed by atoms with Crippen molar-refractivity contribution in [3.63, 3.8) is 0 Å². The van der Waals surface area contributed by atoms with Crippen molar-refractivity contribution >= 4 is 0 Å². The first-order valence-corrected chi connectivity index (χ1v) is 6.47. The average molecular weight is 235 g/mol. The topological polar surface area (TPSA) is 21.3 Å². The van der Waals surface area contributed by atoms with Gasteiger partial charge in [-0.15, -0.1) is 0 Å². The Morgan fingerprint density at radius 3 is 2.71 bits per heavy atom. The predicted octanol–water partition coefficient (Wildman–Crippen LogP) is 3.00. The van der Waals surface area contributed by atoms with Crippen LogP contribution in [0.4, 0.5) is 4.39 Å². The van der Waals surface area contributed by atoms with Crippen LogP contribution in [0.15, 0.2) is 24.3 Å². The van der Waals surface area contributed by atoms with Crippen molar-refractivity contribution in [2.45, 2.75) is 38.0 Å². The first-order chi connectivity index (χ1) is 8.33. The van der Waals surface area contributed by atoms with E-state index in [0.717, 1.165) is 12.1 Å². The maximum absolute atomic E-state index is 12.9.